The molecule has 1 aliphatic carbocycles. The van der Waals surface area contributed by atoms with E-state index >= 15 is 0 Å². The standard InChI is InChI=1S/C20H26N2O4S/c1-15-7-9-18(26-15)14-22(2)20(23)11-12-21-27(24,25)19-10-8-16-5-3-4-6-17(16)13-19/h7-10,13,21H,3-6,11-12,14H2,1-2H3. The number of fused-ring (bicyclic) bond motifs is 1. The Hall–Kier alpha value is -2.12. The van der Waals surface area contributed by atoms with Crippen LogP contribution < -0.4 is 4.72 Å². The van der Waals surface area contributed by atoms with E-state index in [4.69, 9.17) is 4.42 Å². The van der Waals surface area contributed by atoms with Gasteiger partial charge in [-0.05, 0) is 68.0 Å². The Bertz CT molecular complexity index is 918. The summed E-state index contributed by atoms with van der Waals surface area (Å²) >= 11 is 0. The summed E-state index contributed by atoms with van der Waals surface area (Å²) < 4.78 is 33.0. The smallest absolute Gasteiger partial charge is 0.240 e. The Morgan fingerprint density at radius 3 is 2.59 bits per heavy atom. The zero-order valence-electron chi connectivity index (χ0n) is 15.8. The van der Waals surface area contributed by atoms with E-state index < -0.39 is 10.0 Å². The minimum Gasteiger partial charge on any atom is -0.464 e. The average molecular weight is 391 g/mol. The van der Waals surface area contributed by atoms with Crippen LogP contribution in [0.1, 0.15) is 41.9 Å². The molecule has 3 rings (SSSR count). The van der Waals surface area contributed by atoms with E-state index in [1.165, 1.54) is 10.5 Å². The summed E-state index contributed by atoms with van der Waals surface area (Å²) in [6.07, 6.45) is 4.29. The monoisotopic (exact) mass is 390 g/mol. The molecule has 27 heavy (non-hydrogen) atoms. The maximum absolute atomic E-state index is 12.5. The molecule has 0 fully saturated rings. The van der Waals surface area contributed by atoms with Crippen molar-refractivity contribution in [2.45, 2.75) is 50.5 Å². The fourth-order valence-electron chi connectivity index (χ4n) is 3.34. The number of sulfonamides is 1. The number of hydrogen-bond donors (Lipinski definition) is 1. The van der Waals surface area contributed by atoms with Crippen molar-refractivity contribution in [2.75, 3.05) is 13.6 Å². The summed E-state index contributed by atoms with van der Waals surface area (Å²) in [7, 11) is -1.93. The van der Waals surface area contributed by atoms with Crippen LogP contribution in [0.3, 0.4) is 0 Å². The summed E-state index contributed by atoms with van der Waals surface area (Å²) in [5.41, 5.74) is 2.36. The normalized spacial score (nSPS) is 14.0. The predicted octanol–water partition coefficient (Wildman–Crippen LogP) is 2.79. The Kier molecular flexibility index (Phi) is 6.01. The lowest BCUT2D eigenvalue weighted by atomic mass is 9.92. The highest BCUT2D eigenvalue weighted by atomic mass is 32.2. The summed E-state index contributed by atoms with van der Waals surface area (Å²) in [5, 5.41) is 0. The maximum atomic E-state index is 12.5. The molecule has 146 valence electrons. The van der Waals surface area contributed by atoms with Gasteiger partial charge in [0, 0.05) is 20.0 Å². The van der Waals surface area contributed by atoms with E-state index in [1.807, 2.05) is 25.1 Å². The number of aryl methyl sites for hydroxylation is 3. The topological polar surface area (TPSA) is 79.6 Å². The van der Waals surface area contributed by atoms with Gasteiger partial charge in [0.25, 0.3) is 0 Å². The van der Waals surface area contributed by atoms with Crippen LogP contribution in [0.25, 0.3) is 0 Å². The molecule has 0 saturated carbocycles. The quantitative estimate of drug-likeness (QED) is 0.788. The molecule has 0 atom stereocenters. The number of amides is 1. The molecule has 0 unspecified atom stereocenters. The third kappa shape index (κ3) is 4.99. The first-order valence-electron chi connectivity index (χ1n) is 9.26. The van der Waals surface area contributed by atoms with Gasteiger partial charge >= 0.3 is 0 Å². The number of nitrogens with one attached hydrogen (secondary N) is 1. The van der Waals surface area contributed by atoms with E-state index in [0.717, 1.165) is 37.0 Å². The van der Waals surface area contributed by atoms with Crippen molar-refractivity contribution in [3.05, 3.63) is 53.0 Å². The molecule has 0 aliphatic heterocycles. The molecule has 1 aliphatic rings. The van der Waals surface area contributed by atoms with E-state index in [-0.39, 0.29) is 23.8 Å². The molecule has 6 nitrogen and oxygen atoms in total. The van der Waals surface area contributed by atoms with Crippen molar-refractivity contribution in [3.63, 3.8) is 0 Å². The number of carbonyl (C=O) groups excluding carboxylic acids is 1. The maximum Gasteiger partial charge on any atom is 0.240 e. The van der Waals surface area contributed by atoms with Crippen LogP contribution >= 0.6 is 0 Å². The third-order valence-corrected chi connectivity index (χ3v) is 6.33. The van der Waals surface area contributed by atoms with Gasteiger partial charge in [0.05, 0.1) is 11.4 Å². The van der Waals surface area contributed by atoms with Crippen molar-refractivity contribution >= 4 is 15.9 Å². The van der Waals surface area contributed by atoms with Gasteiger partial charge in [-0.1, -0.05) is 6.07 Å². The Morgan fingerprint density at radius 1 is 1.15 bits per heavy atom. The van der Waals surface area contributed by atoms with Gasteiger partial charge in [-0.3, -0.25) is 4.79 Å². The van der Waals surface area contributed by atoms with Gasteiger partial charge in [0.2, 0.25) is 15.9 Å². The highest BCUT2D eigenvalue weighted by Crippen LogP contribution is 2.24. The number of nitrogens with zero attached hydrogens (tertiary/aromatic N) is 1. The van der Waals surface area contributed by atoms with Crippen molar-refractivity contribution in [2.24, 2.45) is 0 Å². The molecular weight excluding hydrogens is 364 g/mol. The SMILES string of the molecule is Cc1ccc(CN(C)C(=O)CCNS(=O)(=O)c2ccc3c(c2)CCCC3)o1. The molecular formula is C20H26N2O4S. The van der Waals surface area contributed by atoms with Crippen LogP contribution in [0.2, 0.25) is 0 Å². The number of rotatable bonds is 7. The lowest BCUT2D eigenvalue weighted by Crippen LogP contribution is -2.32. The van der Waals surface area contributed by atoms with Crippen molar-refractivity contribution in [1.29, 1.82) is 0 Å². The molecule has 0 bridgehead atoms. The summed E-state index contributed by atoms with van der Waals surface area (Å²) in [5.74, 6) is 1.36. The number of carbonyl (C=O) groups is 1. The highest BCUT2D eigenvalue weighted by Gasteiger charge is 2.18. The van der Waals surface area contributed by atoms with Crippen molar-refractivity contribution < 1.29 is 17.6 Å². The third-order valence-electron chi connectivity index (χ3n) is 4.88. The molecule has 1 N–H and O–H groups in total. The highest BCUT2D eigenvalue weighted by molar-refractivity contribution is 7.89. The number of furan rings is 1. The largest absolute Gasteiger partial charge is 0.464 e. The minimum atomic E-state index is -3.61. The minimum absolute atomic E-state index is 0.0692. The van der Waals surface area contributed by atoms with Gasteiger partial charge in [-0.25, -0.2) is 13.1 Å². The fraction of sp³-hybridized carbons (Fsp3) is 0.450. The molecule has 0 saturated heterocycles. The molecule has 0 radical (unpaired) electrons. The molecule has 7 heteroatoms. The summed E-state index contributed by atoms with van der Waals surface area (Å²) in [6, 6.07) is 9.01. The lowest BCUT2D eigenvalue weighted by Gasteiger charge is -2.17. The molecule has 1 aromatic carbocycles. The van der Waals surface area contributed by atoms with Gasteiger partial charge in [0.1, 0.15) is 11.5 Å². The summed E-state index contributed by atoms with van der Waals surface area (Å²) in [6.45, 7) is 2.28. The molecule has 2 aromatic rings. The Labute approximate surface area is 160 Å². The number of hydrogen-bond acceptors (Lipinski definition) is 4. The van der Waals surface area contributed by atoms with Crippen molar-refractivity contribution in [3.8, 4) is 0 Å². The molecule has 1 aromatic heterocycles. The van der Waals surface area contributed by atoms with Crippen LogP contribution in [0.4, 0.5) is 0 Å². The number of benzene rings is 1. The fourth-order valence-corrected chi connectivity index (χ4v) is 4.42. The van der Waals surface area contributed by atoms with Crippen LogP contribution in [0.15, 0.2) is 39.6 Å². The molecule has 1 heterocycles. The van der Waals surface area contributed by atoms with Gasteiger partial charge < -0.3 is 9.32 Å². The first-order valence-corrected chi connectivity index (χ1v) is 10.7. The van der Waals surface area contributed by atoms with Crippen LogP contribution in [0.5, 0.6) is 0 Å². The zero-order valence-corrected chi connectivity index (χ0v) is 16.6. The first kappa shape index (κ1) is 19.6. The van der Waals surface area contributed by atoms with Gasteiger partial charge in [-0.2, -0.15) is 0 Å². The second-order valence-electron chi connectivity index (χ2n) is 7.05. The second kappa shape index (κ2) is 8.27. The Balaban J connectivity index is 1.53. The first-order chi connectivity index (χ1) is 12.8. The van der Waals surface area contributed by atoms with Crippen LogP contribution in [0, 0.1) is 6.92 Å². The Morgan fingerprint density at radius 2 is 1.89 bits per heavy atom. The van der Waals surface area contributed by atoms with Gasteiger partial charge in [0.15, 0.2) is 0 Å². The van der Waals surface area contributed by atoms with Crippen molar-refractivity contribution in [1.82, 2.24) is 9.62 Å². The zero-order chi connectivity index (χ0) is 19.4. The van der Waals surface area contributed by atoms with E-state index in [2.05, 4.69) is 4.72 Å². The van der Waals surface area contributed by atoms with Gasteiger partial charge in [-0.15, -0.1) is 0 Å². The van der Waals surface area contributed by atoms with Crippen LogP contribution in [-0.4, -0.2) is 32.8 Å². The van der Waals surface area contributed by atoms with E-state index in [1.54, 1.807) is 19.2 Å². The predicted molar refractivity (Wildman–Crippen MR) is 103 cm³/mol. The average Bonchev–Trinajstić information content (AvgIpc) is 3.05. The van der Waals surface area contributed by atoms with E-state index in [0.29, 0.717) is 12.3 Å². The van der Waals surface area contributed by atoms with E-state index in [9.17, 15) is 13.2 Å². The molecule has 0 spiro atoms. The summed E-state index contributed by atoms with van der Waals surface area (Å²) in [4.78, 5) is 14.0. The molecule has 1 amide bonds. The lowest BCUT2D eigenvalue weighted by molar-refractivity contribution is -0.130. The second-order valence-corrected chi connectivity index (χ2v) is 8.81. The van der Waals surface area contributed by atoms with Crippen LogP contribution in [-0.2, 0) is 34.2 Å².